The number of allylic oxidation sites excluding steroid dienone is 2. The van der Waals surface area contributed by atoms with E-state index in [0.717, 1.165) is 12.8 Å². The molecular formula is C14H22N2O2. The second-order valence-electron chi connectivity index (χ2n) is 5.81. The molecule has 2 bridgehead atoms. The summed E-state index contributed by atoms with van der Waals surface area (Å²) in [4.78, 5) is 27.9. The third-order valence-corrected chi connectivity index (χ3v) is 4.20. The monoisotopic (exact) mass is 250 g/mol. The lowest BCUT2D eigenvalue weighted by atomic mass is 9.61. The van der Waals surface area contributed by atoms with Crippen molar-refractivity contribution in [2.75, 3.05) is 28.2 Å². The molecule has 18 heavy (non-hydrogen) atoms. The van der Waals surface area contributed by atoms with Crippen molar-refractivity contribution in [2.24, 2.45) is 23.7 Å². The zero-order valence-corrected chi connectivity index (χ0v) is 11.6. The quantitative estimate of drug-likeness (QED) is 0.686. The van der Waals surface area contributed by atoms with Gasteiger partial charge in [-0.25, -0.2) is 0 Å². The van der Waals surface area contributed by atoms with Crippen LogP contribution < -0.4 is 0 Å². The lowest BCUT2D eigenvalue weighted by Crippen LogP contribution is -2.51. The number of nitrogens with zero attached hydrogens (tertiary/aromatic N) is 2. The van der Waals surface area contributed by atoms with E-state index >= 15 is 0 Å². The van der Waals surface area contributed by atoms with Crippen LogP contribution >= 0.6 is 0 Å². The first kappa shape index (κ1) is 13.1. The van der Waals surface area contributed by atoms with Crippen LogP contribution in [-0.4, -0.2) is 49.8 Å². The van der Waals surface area contributed by atoms with Crippen molar-refractivity contribution in [2.45, 2.75) is 12.8 Å². The summed E-state index contributed by atoms with van der Waals surface area (Å²) < 4.78 is 0. The molecule has 0 aromatic carbocycles. The fourth-order valence-corrected chi connectivity index (χ4v) is 3.26. The highest BCUT2D eigenvalue weighted by atomic mass is 16.2. The van der Waals surface area contributed by atoms with E-state index in [4.69, 9.17) is 0 Å². The third kappa shape index (κ3) is 2.04. The van der Waals surface area contributed by atoms with Gasteiger partial charge in [0.1, 0.15) is 0 Å². The molecule has 2 amide bonds. The van der Waals surface area contributed by atoms with Crippen molar-refractivity contribution in [1.29, 1.82) is 0 Å². The highest BCUT2D eigenvalue weighted by molar-refractivity contribution is 5.88. The summed E-state index contributed by atoms with van der Waals surface area (Å²) in [6.07, 6.45) is 6.34. The average molecular weight is 250 g/mol. The van der Waals surface area contributed by atoms with Gasteiger partial charge in [-0.05, 0) is 24.7 Å². The van der Waals surface area contributed by atoms with Crippen molar-refractivity contribution < 1.29 is 9.59 Å². The molecule has 0 unspecified atom stereocenters. The Morgan fingerprint density at radius 3 is 1.39 bits per heavy atom. The molecular weight excluding hydrogens is 228 g/mol. The molecule has 4 atom stereocenters. The van der Waals surface area contributed by atoms with Gasteiger partial charge in [0.25, 0.3) is 0 Å². The second-order valence-corrected chi connectivity index (χ2v) is 5.81. The van der Waals surface area contributed by atoms with Crippen molar-refractivity contribution in [1.82, 2.24) is 9.80 Å². The standard InChI is InChI=1S/C14H22N2O2/c1-15(2)13(17)11-9-5-7-10(8-6-9)12(11)14(18)16(3)4/h5,7,9-12H,6,8H2,1-4H3/t9-,10-,11-,12+/m0/s1. The predicted molar refractivity (Wildman–Crippen MR) is 69.7 cm³/mol. The van der Waals surface area contributed by atoms with Crippen LogP contribution in [0.4, 0.5) is 0 Å². The molecule has 0 aliphatic heterocycles. The lowest BCUT2D eigenvalue weighted by Gasteiger charge is -2.44. The first-order valence-electron chi connectivity index (χ1n) is 6.54. The van der Waals surface area contributed by atoms with Crippen molar-refractivity contribution in [3.05, 3.63) is 12.2 Å². The normalized spacial score (nSPS) is 33.3. The molecule has 0 saturated heterocycles. The summed E-state index contributed by atoms with van der Waals surface area (Å²) in [5.41, 5.74) is 0. The van der Waals surface area contributed by atoms with Gasteiger partial charge in [0.05, 0.1) is 11.8 Å². The molecule has 0 heterocycles. The van der Waals surface area contributed by atoms with E-state index in [1.165, 1.54) is 0 Å². The maximum Gasteiger partial charge on any atom is 0.226 e. The van der Waals surface area contributed by atoms with Gasteiger partial charge in [-0.3, -0.25) is 9.59 Å². The fraction of sp³-hybridized carbons (Fsp3) is 0.714. The molecule has 100 valence electrons. The summed E-state index contributed by atoms with van der Waals surface area (Å²) in [6.45, 7) is 0. The highest BCUT2D eigenvalue weighted by Gasteiger charge is 2.48. The first-order chi connectivity index (χ1) is 8.43. The van der Waals surface area contributed by atoms with E-state index in [1.54, 1.807) is 38.0 Å². The van der Waals surface area contributed by atoms with Gasteiger partial charge >= 0.3 is 0 Å². The summed E-state index contributed by atoms with van der Waals surface area (Å²) in [6, 6.07) is 0. The predicted octanol–water partition coefficient (Wildman–Crippen LogP) is 0.991. The van der Waals surface area contributed by atoms with Gasteiger partial charge in [0.2, 0.25) is 11.8 Å². The van der Waals surface area contributed by atoms with Crippen LogP contribution in [0.5, 0.6) is 0 Å². The van der Waals surface area contributed by atoms with E-state index in [9.17, 15) is 9.59 Å². The van der Waals surface area contributed by atoms with Crippen molar-refractivity contribution in [3.8, 4) is 0 Å². The Hall–Kier alpha value is -1.32. The molecule has 1 saturated carbocycles. The third-order valence-electron chi connectivity index (χ3n) is 4.20. The zero-order valence-electron chi connectivity index (χ0n) is 11.6. The van der Waals surface area contributed by atoms with Crippen LogP contribution in [-0.2, 0) is 9.59 Å². The Balaban J connectivity index is 2.32. The van der Waals surface area contributed by atoms with Crippen LogP contribution in [0.15, 0.2) is 12.2 Å². The smallest absolute Gasteiger partial charge is 0.226 e. The highest BCUT2D eigenvalue weighted by Crippen LogP contribution is 2.45. The average Bonchev–Trinajstić information content (AvgIpc) is 2.37. The number of rotatable bonds is 2. The maximum absolute atomic E-state index is 12.3. The van der Waals surface area contributed by atoms with Gasteiger partial charge in [-0.15, -0.1) is 0 Å². The van der Waals surface area contributed by atoms with E-state index in [1.807, 2.05) is 0 Å². The van der Waals surface area contributed by atoms with Gasteiger partial charge in [0.15, 0.2) is 0 Å². The van der Waals surface area contributed by atoms with Crippen LogP contribution in [0.2, 0.25) is 0 Å². The SMILES string of the molecule is CN(C)C(=O)[C@@H]1[C@H](C(=O)N(C)C)[C@H]2C=C[C@H]1CC2. The minimum Gasteiger partial charge on any atom is -0.349 e. The molecule has 0 radical (unpaired) electrons. The Morgan fingerprint density at radius 2 is 1.17 bits per heavy atom. The maximum atomic E-state index is 12.3. The summed E-state index contributed by atoms with van der Waals surface area (Å²) in [5.74, 6) is 0.318. The van der Waals surface area contributed by atoms with Gasteiger partial charge in [-0.1, -0.05) is 12.2 Å². The molecule has 0 aromatic rings. The second kappa shape index (κ2) is 4.75. The molecule has 4 heteroatoms. The zero-order chi connectivity index (χ0) is 13.4. The Bertz CT molecular complexity index is 351. The number of hydrogen-bond acceptors (Lipinski definition) is 2. The van der Waals surface area contributed by atoms with E-state index in [2.05, 4.69) is 12.2 Å². The Morgan fingerprint density at radius 1 is 0.833 bits per heavy atom. The van der Waals surface area contributed by atoms with Gasteiger partial charge < -0.3 is 9.80 Å². The molecule has 4 nitrogen and oxygen atoms in total. The fourth-order valence-electron chi connectivity index (χ4n) is 3.26. The largest absolute Gasteiger partial charge is 0.349 e. The minimum atomic E-state index is -0.168. The molecule has 0 N–H and O–H groups in total. The topological polar surface area (TPSA) is 40.6 Å². The van der Waals surface area contributed by atoms with Crippen molar-refractivity contribution >= 4 is 11.8 Å². The lowest BCUT2D eigenvalue weighted by molar-refractivity contribution is -0.149. The Labute approximate surface area is 109 Å². The van der Waals surface area contributed by atoms with Gasteiger partial charge in [-0.2, -0.15) is 0 Å². The molecule has 3 rings (SSSR count). The molecule has 1 fully saturated rings. The summed E-state index contributed by atoms with van der Waals surface area (Å²) in [5, 5.41) is 0. The number of hydrogen-bond donors (Lipinski definition) is 0. The van der Waals surface area contributed by atoms with E-state index in [-0.39, 0.29) is 35.5 Å². The van der Waals surface area contributed by atoms with Crippen LogP contribution in [0.1, 0.15) is 12.8 Å². The molecule has 0 spiro atoms. The molecule has 3 aliphatic rings. The molecule has 3 aliphatic carbocycles. The molecule has 0 aromatic heterocycles. The van der Waals surface area contributed by atoms with E-state index < -0.39 is 0 Å². The number of carbonyl (C=O) groups is 2. The summed E-state index contributed by atoms with van der Waals surface area (Å²) >= 11 is 0. The van der Waals surface area contributed by atoms with Crippen LogP contribution in [0.25, 0.3) is 0 Å². The number of amides is 2. The Kier molecular flexibility index (Phi) is 3.46. The first-order valence-corrected chi connectivity index (χ1v) is 6.54. The van der Waals surface area contributed by atoms with Crippen LogP contribution in [0.3, 0.4) is 0 Å². The minimum absolute atomic E-state index is 0.0919. The summed E-state index contributed by atoms with van der Waals surface area (Å²) in [7, 11) is 7.08. The number of carbonyl (C=O) groups excluding carboxylic acids is 2. The van der Waals surface area contributed by atoms with Gasteiger partial charge in [0, 0.05) is 28.2 Å². The van der Waals surface area contributed by atoms with Crippen LogP contribution in [0, 0.1) is 23.7 Å². The van der Waals surface area contributed by atoms with Crippen molar-refractivity contribution in [3.63, 3.8) is 0 Å². The van der Waals surface area contributed by atoms with E-state index in [0.29, 0.717) is 0 Å². The number of fused-ring (bicyclic) bond motifs is 2.